The van der Waals surface area contributed by atoms with Gasteiger partial charge in [0.1, 0.15) is 4.84 Å². The van der Waals surface area contributed by atoms with E-state index < -0.39 is 27.3 Å². The summed E-state index contributed by atoms with van der Waals surface area (Å²) >= 11 is 16.3. The second-order valence-corrected chi connectivity index (χ2v) is 4.07. The van der Waals surface area contributed by atoms with Crippen molar-refractivity contribution in [3.63, 3.8) is 0 Å². The van der Waals surface area contributed by atoms with Crippen LogP contribution in [-0.2, 0) is 0 Å². The Bertz CT molecular complexity index is 348. The maximum absolute atomic E-state index is 13.0. The van der Waals surface area contributed by atoms with Gasteiger partial charge >= 0.3 is 0 Å². The number of hydrogen-bond donors (Lipinski definition) is 0. The first kappa shape index (κ1) is 12.0. The highest BCUT2D eigenvalue weighted by atomic mass is 35.5. The number of hydrogen-bond acceptors (Lipinski definition) is 0. The highest BCUT2D eigenvalue weighted by Crippen LogP contribution is 2.37. The van der Waals surface area contributed by atoms with Gasteiger partial charge in [-0.1, -0.05) is 34.8 Å². The van der Waals surface area contributed by atoms with Gasteiger partial charge < -0.3 is 0 Å². The molecule has 0 nitrogen and oxygen atoms in total. The van der Waals surface area contributed by atoms with Gasteiger partial charge in [-0.05, 0) is 12.5 Å². The lowest BCUT2D eigenvalue weighted by atomic mass is 10.1. The van der Waals surface area contributed by atoms with Gasteiger partial charge in [-0.3, -0.25) is 0 Å². The van der Waals surface area contributed by atoms with Gasteiger partial charge in [-0.2, -0.15) is 0 Å². The zero-order valence-corrected chi connectivity index (χ0v) is 9.11. The van der Waals surface area contributed by atoms with Gasteiger partial charge in [0.2, 0.25) is 0 Å². The Labute approximate surface area is 93.6 Å². The molecule has 0 spiro atoms. The summed E-state index contributed by atoms with van der Waals surface area (Å²) in [6.45, 7) is 1.22. The van der Waals surface area contributed by atoms with Crippen LogP contribution in [-0.4, -0.2) is 0 Å². The van der Waals surface area contributed by atoms with E-state index in [0.717, 1.165) is 0 Å². The van der Waals surface area contributed by atoms with Crippen LogP contribution in [0.1, 0.15) is 16.0 Å². The number of halogens is 6. The van der Waals surface area contributed by atoms with Gasteiger partial charge in [-0.15, -0.1) is 0 Å². The molecule has 14 heavy (non-hydrogen) atoms. The Balaban J connectivity index is 3.60. The van der Waals surface area contributed by atoms with Crippen molar-refractivity contribution in [1.82, 2.24) is 0 Å². The summed E-state index contributed by atoms with van der Waals surface area (Å²) < 4.78 is 38.7. The molecule has 0 aliphatic carbocycles. The first-order valence-corrected chi connectivity index (χ1v) is 4.73. The number of benzene rings is 1. The topological polar surface area (TPSA) is 0 Å². The molecule has 0 heterocycles. The monoisotopic (exact) mass is 262 g/mol. The Morgan fingerprint density at radius 1 is 1.00 bits per heavy atom. The van der Waals surface area contributed by atoms with Crippen LogP contribution in [0.2, 0.25) is 5.02 Å². The lowest BCUT2D eigenvalue weighted by molar-refractivity contribution is 0.442. The smallest absolute Gasteiger partial charge is 0.196 e. The molecule has 0 fully saturated rings. The lowest BCUT2D eigenvalue weighted by Gasteiger charge is -2.11. The van der Waals surface area contributed by atoms with Gasteiger partial charge in [0.15, 0.2) is 17.5 Å². The average Bonchev–Trinajstić information content (AvgIpc) is 2.11. The molecule has 0 aliphatic heterocycles. The van der Waals surface area contributed by atoms with E-state index >= 15 is 0 Å². The molecule has 0 unspecified atom stereocenters. The number of rotatable bonds is 1. The summed E-state index contributed by atoms with van der Waals surface area (Å²) in [6, 6.07) is 0. The summed E-state index contributed by atoms with van der Waals surface area (Å²) in [4.78, 5) is -1.20. The Kier molecular flexibility index (Phi) is 3.56. The van der Waals surface area contributed by atoms with Gasteiger partial charge in [0, 0.05) is 5.56 Å². The first-order chi connectivity index (χ1) is 6.37. The van der Waals surface area contributed by atoms with Crippen molar-refractivity contribution < 1.29 is 13.2 Å². The highest BCUT2D eigenvalue weighted by molar-refractivity contribution is 6.45. The summed E-state index contributed by atoms with van der Waals surface area (Å²) in [5.41, 5.74) is -0.338. The first-order valence-electron chi connectivity index (χ1n) is 3.48. The fraction of sp³-hybridized carbons (Fsp3) is 0.250. The van der Waals surface area contributed by atoms with E-state index in [9.17, 15) is 13.2 Å². The van der Waals surface area contributed by atoms with Gasteiger partial charge in [-0.25, -0.2) is 13.2 Å². The van der Waals surface area contributed by atoms with Crippen LogP contribution in [0.5, 0.6) is 0 Å². The lowest BCUT2D eigenvalue weighted by Crippen LogP contribution is -2.02. The Hall–Kier alpha value is -0.120. The maximum atomic E-state index is 13.0. The fourth-order valence-corrected chi connectivity index (χ4v) is 2.01. The van der Waals surface area contributed by atoms with E-state index in [1.165, 1.54) is 6.92 Å². The molecule has 0 aromatic heterocycles. The second-order valence-electron chi connectivity index (χ2n) is 2.60. The molecule has 0 aliphatic rings. The van der Waals surface area contributed by atoms with Crippen molar-refractivity contribution in [1.29, 1.82) is 0 Å². The maximum Gasteiger partial charge on any atom is 0.196 e. The SMILES string of the molecule is Cc1c(F)c(F)c(F)c(Cl)c1C(Cl)Cl. The molecule has 0 radical (unpaired) electrons. The van der Waals surface area contributed by atoms with Gasteiger partial charge in [0.25, 0.3) is 0 Å². The molecule has 1 aromatic rings. The third kappa shape index (κ3) is 1.81. The van der Waals surface area contributed by atoms with Crippen LogP contribution in [0.25, 0.3) is 0 Å². The molecule has 6 heteroatoms. The molecule has 0 N–H and O–H groups in total. The minimum absolute atomic E-state index is 0.147. The zero-order valence-electron chi connectivity index (χ0n) is 6.85. The largest absolute Gasteiger partial charge is 0.203 e. The van der Waals surface area contributed by atoms with Crippen LogP contribution in [0.15, 0.2) is 0 Å². The Morgan fingerprint density at radius 3 is 1.93 bits per heavy atom. The molecule has 0 saturated carbocycles. The molecule has 0 atom stereocenters. The summed E-state index contributed by atoms with van der Waals surface area (Å²) in [7, 11) is 0. The third-order valence-electron chi connectivity index (χ3n) is 1.77. The van der Waals surface area contributed by atoms with E-state index in [4.69, 9.17) is 34.8 Å². The predicted octanol–water partition coefficient (Wildman–Crippen LogP) is 4.54. The molecular weight excluding hydrogens is 259 g/mol. The van der Waals surface area contributed by atoms with Crippen molar-refractivity contribution in [2.75, 3.05) is 0 Å². The van der Waals surface area contributed by atoms with Crippen molar-refractivity contribution in [2.24, 2.45) is 0 Å². The summed E-state index contributed by atoms with van der Waals surface area (Å²) in [6.07, 6.45) is 0. The minimum Gasteiger partial charge on any atom is -0.203 e. The molecule has 0 amide bonds. The third-order valence-corrected chi connectivity index (χ3v) is 2.57. The summed E-state index contributed by atoms with van der Waals surface area (Å²) in [5, 5.41) is -0.587. The quantitative estimate of drug-likeness (QED) is 0.396. The van der Waals surface area contributed by atoms with Crippen LogP contribution in [0, 0.1) is 24.4 Å². The standard InChI is InChI=1S/C8H4Cl3F3/c1-2-3(8(10)11)4(9)6(13)7(14)5(2)12/h8H,1H3. The Morgan fingerprint density at radius 2 is 1.50 bits per heavy atom. The summed E-state index contributed by atoms with van der Waals surface area (Å²) in [5.74, 6) is -4.42. The van der Waals surface area contributed by atoms with E-state index in [0.29, 0.717) is 0 Å². The van der Waals surface area contributed by atoms with Crippen molar-refractivity contribution in [2.45, 2.75) is 11.8 Å². The molecular formula is C8H4Cl3F3. The molecule has 0 saturated heterocycles. The molecule has 1 rings (SSSR count). The van der Waals surface area contributed by atoms with Crippen LogP contribution < -0.4 is 0 Å². The fourth-order valence-electron chi connectivity index (χ4n) is 1.02. The van der Waals surface area contributed by atoms with E-state index in [-0.39, 0.29) is 11.1 Å². The molecule has 78 valence electrons. The minimum atomic E-state index is -1.62. The van der Waals surface area contributed by atoms with E-state index in [2.05, 4.69) is 0 Å². The second kappa shape index (κ2) is 4.17. The normalized spacial score (nSPS) is 11.1. The van der Waals surface area contributed by atoms with Crippen molar-refractivity contribution in [3.8, 4) is 0 Å². The molecule has 1 aromatic carbocycles. The highest BCUT2D eigenvalue weighted by Gasteiger charge is 2.24. The molecule has 0 bridgehead atoms. The van der Waals surface area contributed by atoms with Crippen LogP contribution >= 0.6 is 34.8 Å². The van der Waals surface area contributed by atoms with E-state index in [1.807, 2.05) is 0 Å². The van der Waals surface area contributed by atoms with Crippen molar-refractivity contribution >= 4 is 34.8 Å². The number of alkyl halides is 2. The van der Waals surface area contributed by atoms with Gasteiger partial charge in [0.05, 0.1) is 5.02 Å². The predicted molar refractivity (Wildman–Crippen MR) is 50.5 cm³/mol. The average molecular weight is 263 g/mol. The van der Waals surface area contributed by atoms with Crippen molar-refractivity contribution in [3.05, 3.63) is 33.6 Å². The van der Waals surface area contributed by atoms with Crippen LogP contribution in [0.4, 0.5) is 13.2 Å². The van der Waals surface area contributed by atoms with Crippen LogP contribution in [0.3, 0.4) is 0 Å². The van der Waals surface area contributed by atoms with E-state index in [1.54, 1.807) is 0 Å². The zero-order chi connectivity index (χ0) is 11.0.